The normalized spacial score (nSPS) is 20.0. The first kappa shape index (κ1) is 16.7. The predicted octanol–water partition coefficient (Wildman–Crippen LogP) is 2.47. The van der Waals surface area contributed by atoms with Crippen LogP contribution in [0.25, 0.3) is 10.9 Å². The maximum atomic E-state index is 13.2. The molecule has 134 valence electrons. The van der Waals surface area contributed by atoms with Crippen molar-refractivity contribution in [1.29, 1.82) is 0 Å². The molecular formula is C20H22N4O2. The molecule has 0 radical (unpaired) electrons. The number of amides is 1. The number of carbonyl (C=O) groups is 1. The SMILES string of the molecule is COC[C@@H]1CN(C(=O)c2nn(C)c3ccccc23)C[C@H]1c1ccncc1. The number of carbonyl (C=O) groups excluding carboxylic acids is 1. The molecule has 1 aromatic carbocycles. The fourth-order valence-corrected chi connectivity index (χ4v) is 3.93. The molecule has 0 N–H and O–H groups in total. The number of hydrogen-bond donors (Lipinski definition) is 0. The van der Waals surface area contributed by atoms with Crippen LogP contribution >= 0.6 is 0 Å². The van der Waals surface area contributed by atoms with E-state index >= 15 is 0 Å². The van der Waals surface area contributed by atoms with Crippen LogP contribution in [0.3, 0.4) is 0 Å². The van der Waals surface area contributed by atoms with Crippen molar-refractivity contribution in [3.63, 3.8) is 0 Å². The molecule has 0 bridgehead atoms. The maximum absolute atomic E-state index is 13.2. The third kappa shape index (κ3) is 2.86. The van der Waals surface area contributed by atoms with Crippen molar-refractivity contribution in [2.45, 2.75) is 5.92 Å². The molecule has 3 aromatic rings. The molecular weight excluding hydrogens is 328 g/mol. The lowest BCUT2D eigenvalue weighted by Gasteiger charge is -2.17. The molecule has 26 heavy (non-hydrogen) atoms. The van der Waals surface area contributed by atoms with Crippen molar-refractivity contribution >= 4 is 16.8 Å². The molecule has 1 saturated heterocycles. The number of para-hydroxylation sites is 1. The number of ether oxygens (including phenoxy) is 1. The molecule has 6 heteroatoms. The molecule has 1 aliphatic rings. The van der Waals surface area contributed by atoms with Crippen LogP contribution in [0, 0.1) is 5.92 Å². The molecule has 2 aromatic heterocycles. The van der Waals surface area contributed by atoms with Gasteiger partial charge in [0.05, 0.1) is 12.1 Å². The number of aryl methyl sites for hydroxylation is 1. The molecule has 3 heterocycles. The van der Waals surface area contributed by atoms with Crippen molar-refractivity contribution in [3.8, 4) is 0 Å². The highest BCUT2D eigenvalue weighted by atomic mass is 16.5. The minimum atomic E-state index is -0.0144. The molecule has 6 nitrogen and oxygen atoms in total. The lowest BCUT2D eigenvalue weighted by Crippen LogP contribution is -2.30. The second-order valence-electron chi connectivity index (χ2n) is 6.80. The van der Waals surface area contributed by atoms with Gasteiger partial charge in [-0.3, -0.25) is 14.5 Å². The minimum Gasteiger partial charge on any atom is -0.384 e. The summed E-state index contributed by atoms with van der Waals surface area (Å²) in [6, 6.07) is 11.9. The number of likely N-dealkylation sites (tertiary alicyclic amines) is 1. The average Bonchev–Trinajstić information content (AvgIpc) is 3.24. The third-order valence-electron chi connectivity index (χ3n) is 5.20. The van der Waals surface area contributed by atoms with Gasteiger partial charge in [0.1, 0.15) is 0 Å². The minimum absolute atomic E-state index is 0.0144. The van der Waals surface area contributed by atoms with E-state index in [1.54, 1.807) is 24.2 Å². The summed E-state index contributed by atoms with van der Waals surface area (Å²) in [5, 5.41) is 5.39. The Morgan fingerprint density at radius 2 is 1.96 bits per heavy atom. The molecule has 0 spiro atoms. The molecule has 1 fully saturated rings. The summed E-state index contributed by atoms with van der Waals surface area (Å²) in [6.07, 6.45) is 3.60. The molecule has 2 atom stereocenters. The van der Waals surface area contributed by atoms with Gasteiger partial charge in [-0.25, -0.2) is 0 Å². The number of rotatable bonds is 4. The standard InChI is InChI=1S/C20H22N4O2/c1-23-18-6-4-3-5-16(18)19(22-23)20(25)24-11-15(13-26-2)17(12-24)14-7-9-21-10-8-14/h3-10,15,17H,11-13H2,1-2H3/t15-,17-/m0/s1. The summed E-state index contributed by atoms with van der Waals surface area (Å²) in [6.45, 7) is 1.96. The number of methoxy groups -OCH3 is 1. The summed E-state index contributed by atoms with van der Waals surface area (Å²) in [7, 11) is 3.58. The van der Waals surface area contributed by atoms with Gasteiger partial charge < -0.3 is 9.64 Å². The van der Waals surface area contributed by atoms with Crippen LogP contribution in [-0.2, 0) is 11.8 Å². The van der Waals surface area contributed by atoms with Crippen LogP contribution in [-0.4, -0.2) is 52.4 Å². The molecule has 4 rings (SSSR count). The Bertz CT molecular complexity index is 922. The van der Waals surface area contributed by atoms with E-state index in [2.05, 4.69) is 10.1 Å². The fraction of sp³-hybridized carbons (Fsp3) is 0.350. The largest absolute Gasteiger partial charge is 0.384 e. The Balaban J connectivity index is 1.64. The highest BCUT2D eigenvalue weighted by Gasteiger charge is 2.37. The van der Waals surface area contributed by atoms with Gasteiger partial charge in [0.25, 0.3) is 5.91 Å². The van der Waals surface area contributed by atoms with Crippen LogP contribution in [0.5, 0.6) is 0 Å². The van der Waals surface area contributed by atoms with E-state index in [4.69, 9.17) is 4.74 Å². The van der Waals surface area contributed by atoms with E-state index in [0.717, 1.165) is 10.9 Å². The van der Waals surface area contributed by atoms with E-state index in [9.17, 15) is 4.79 Å². The van der Waals surface area contributed by atoms with Crippen LogP contribution < -0.4 is 0 Å². The Labute approximate surface area is 152 Å². The third-order valence-corrected chi connectivity index (χ3v) is 5.20. The fourth-order valence-electron chi connectivity index (χ4n) is 3.93. The zero-order valence-electron chi connectivity index (χ0n) is 15.0. The molecule has 0 aliphatic carbocycles. The number of fused-ring (bicyclic) bond motifs is 1. The quantitative estimate of drug-likeness (QED) is 0.725. The van der Waals surface area contributed by atoms with E-state index in [-0.39, 0.29) is 17.7 Å². The number of aromatic nitrogens is 3. The van der Waals surface area contributed by atoms with Crippen LogP contribution in [0.1, 0.15) is 22.0 Å². The first-order valence-corrected chi connectivity index (χ1v) is 8.79. The lowest BCUT2D eigenvalue weighted by atomic mass is 9.90. The molecule has 1 amide bonds. The number of pyridine rings is 1. The van der Waals surface area contributed by atoms with Crippen molar-refractivity contribution in [2.75, 3.05) is 26.8 Å². The van der Waals surface area contributed by atoms with Gasteiger partial charge >= 0.3 is 0 Å². The highest BCUT2D eigenvalue weighted by Crippen LogP contribution is 2.34. The lowest BCUT2D eigenvalue weighted by molar-refractivity contribution is 0.0770. The zero-order valence-corrected chi connectivity index (χ0v) is 15.0. The first-order chi connectivity index (χ1) is 12.7. The van der Waals surface area contributed by atoms with Gasteiger partial charge in [0.2, 0.25) is 0 Å². The van der Waals surface area contributed by atoms with Gasteiger partial charge in [0.15, 0.2) is 5.69 Å². The van der Waals surface area contributed by atoms with Gasteiger partial charge in [-0.15, -0.1) is 0 Å². The van der Waals surface area contributed by atoms with Crippen molar-refractivity contribution in [2.24, 2.45) is 13.0 Å². The van der Waals surface area contributed by atoms with Crippen molar-refractivity contribution in [1.82, 2.24) is 19.7 Å². The molecule has 1 aliphatic heterocycles. The maximum Gasteiger partial charge on any atom is 0.275 e. The van der Waals surface area contributed by atoms with Crippen LogP contribution in [0.15, 0.2) is 48.8 Å². The van der Waals surface area contributed by atoms with E-state index in [0.29, 0.717) is 25.4 Å². The van der Waals surface area contributed by atoms with E-state index in [1.165, 1.54) is 5.56 Å². The predicted molar refractivity (Wildman–Crippen MR) is 99.0 cm³/mol. The van der Waals surface area contributed by atoms with Gasteiger partial charge in [-0.2, -0.15) is 5.10 Å². The highest BCUT2D eigenvalue weighted by molar-refractivity contribution is 6.05. The second-order valence-corrected chi connectivity index (χ2v) is 6.80. The zero-order chi connectivity index (χ0) is 18.1. The smallest absolute Gasteiger partial charge is 0.275 e. The van der Waals surface area contributed by atoms with Crippen LogP contribution in [0.4, 0.5) is 0 Å². The van der Waals surface area contributed by atoms with E-state index < -0.39 is 0 Å². The Kier molecular flexibility index (Phi) is 4.42. The Morgan fingerprint density at radius 3 is 2.73 bits per heavy atom. The van der Waals surface area contributed by atoms with Gasteiger partial charge in [0, 0.05) is 56.9 Å². The first-order valence-electron chi connectivity index (χ1n) is 8.79. The second kappa shape index (κ2) is 6.88. The molecule has 0 unspecified atom stereocenters. The Morgan fingerprint density at radius 1 is 1.19 bits per heavy atom. The number of benzene rings is 1. The summed E-state index contributed by atoms with van der Waals surface area (Å²) in [4.78, 5) is 19.2. The Hall–Kier alpha value is -2.73. The molecule has 0 saturated carbocycles. The summed E-state index contributed by atoms with van der Waals surface area (Å²) >= 11 is 0. The average molecular weight is 350 g/mol. The number of hydrogen-bond acceptors (Lipinski definition) is 4. The van der Waals surface area contributed by atoms with Gasteiger partial charge in [-0.05, 0) is 23.8 Å². The van der Waals surface area contributed by atoms with E-state index in [1.807, 2.05) is 48.3 Å². The number of nitrogens with zero attached hydrogens (tertiary/aromatic N) is 4. The van der Waals surface area contributed by atoms with Gasteiger partial charge in [-0.1, -0.05) is 18.2 Å². The topological polar surface area (TPSA) is 60.2 Å². The van der Waals surface area contributed by atoms with Crippen molar-refractivity contribution in [3.05, 3.63) is 60.0 Å². The summed E-state index contributed by atoms with van der Waals surface area (Å²) in [5.74, 6) is 0.498. The summed E-state index contributed by atoms with van der Waals surface area (Å²) in [5.41, 5.74) is 2.69. The van der Waals surface area contributed by atoms with Crippen LogP contribution in [0.2, 0.25) is 0 Å². The summed E-state index contributed by atoms with van der Waals surface area (Å²) < 4.78 is 7.18. The van der Waals surface area contributed by atoms with Crippen molar-refractivity contribution < 1.29 is 9.53 Å². The monoisotopic (exact) mass is 350 g/mol.